The molecule has 1 heterocycles. The molecule has 0 saturated heterocycles. The van der Waals surface area contributed by atoms with Crippen molar-refractivity contribution in [3.63, 3.8) is 0 Å². The van der Waals surface area contributed by atoms with E-state index in [-0.39, 0.29) is 23.3 Å². The lowest BCUT2D eigenvalue weighted by molar-refractivity contribution is -0.115. The number of amides is 1. The summed E-state index contributed by atoms with van der Waals surface area (Å²) in [6.07, 6.45) is 4.57. The van der Waals surface area contributed by atoms with E-state index in [4.69, 9.17) is 40.5 Å². The van der Waals surface area contributed by atoms with E-state index >= 15 is 0 Å². The van der Waals surface area contributed by atoms with Gasteiger partial charge in [-0.15, -0.1) is 0 Å². The molecule has 0 bridgehead atoms. The molecule has 1 unspecified atom stereocenters. The zero-order chi connectivity index (χ0) is 23.4. The number of carbonyl (C=O) groups is 2. The molecule has 9 heteroatoms. The number of nitrogens with one attached hydrogen (secondary N) is 1. The Kier molecular flexibility index (Phi) is 7.77. The van der Waals surface area contributed by atoms with Gasteiger partial charge in [0.25, 0.3) is 5.91 Å². The summed E-state index contributed by atoms with van der Waals surface area (Å²) in [5, 5.41) is 13.0. The summed E-state index contributed by atoms with van der Waals surface area (Å²) in [6, 6.07) is 10.6. The fourth-order valence-corrected chi connectivity index (χ4v) is 3.92. The third-order valence-electron chi connectivity index (χ3n) is 4.86. The highest BCUT2D eigenvalue weighted by Crippen LogP contribution is 2.34. The maximum Gasteiger partial charge on any atom is 0.251 e. The molecule has 0 saturated carbocycles. The lowest BCUT2D eigenvalue weighted by atomic mass is 10.1. The number of hydrogen-bond donors (Lipinski definition) is 3. The van der Waals surface area contributed by atoms with Crippen molar-refractivity contribution in [2.45, 2.75) is 12.6 Å². The molecule has 0 spiro atoms. The molecule has 3 rings (SSSR count). The summed E-state index contributed by atoms with van der Waals surface area (Å²) in [4.78, 5) is 24.4. The molecule has 1 amide bonds. The van der Waals surface area contributed by atoms with Crippen LogP contribution in [-0.2, 0) is 11.4 Å². The SMILES string of the molecule is CNC(=O)c1ccc(/C=C/C(=O)C(N)c2cc(Cl)cn2-c2ccc(Cl)c(CO)c2Cl)cc1. The van der Waals surface area contributed by atoms with Gasteiger partial charge in [0, 0.05) is 35.1 Å². The van der Waals surface area contributed by atoms with E-state index in [0.29, 0.717) is 32.6 Å². The first-order valence-corrected chi connectivity index (χ1v) is 10.7. The molecule has 0 fully saturated rings. The summed E-state index contributed by atoms with van der Waals surface area (Å²) < 4.78 is 1.61. The van der Waals surface area contributed by atoms with Crippen LogP contribution in [0.15, 0.2) is 54.7 Å². The number of halogens is 3. The molecule has 4 N–H and O–H groups in total. The van der Waals surface area contributed by atoms with Gasteiger partial charge in [-0.05, 0) is 42.0 Å². The number of rotatable bonds is 7. The Hall–Kier alpha value is -2.61. The number of ketones is 1. The second-order valence-corrected chi connectivity index (χ2v) is 8.11. The maximum atomic E-state index is 12.8. The number of nitrogens with zero attached hydrogens (tertiary/aromatic N) is 1. The summed E-state index contributed by atoms with van der Waals surface area (Å²) in [5.74, 6) is -0.551. The highest BCUT2D eigenvalue weighted by molar-refractivity contribution is 6.37. The van der Waals surface area contributed by atoms with Crippen molar-refractivity contribution in [2.75, 3.05) is 7.05 Å². The van der Waals surface area contributed by atoms with Crippen molar-refractivity contribution >= 4 is 52.6 Å². The Balaban J connectivity index is 1.87. The van der Waals surface area contributed by atoms with Gasteiger partial charge in [0.15, 0.2) is 5.78 Å². The molecule has 6 nitrogen and oxygen atoms in total. The minimum atomic E-state index is -1.02. The molecule has 32 heavy (non-hydrogen) atoms. The van der Waals surface area contributed by atoms with Crippen LogP contribution >= 0.6 is 34.8 Å². The Morgan fingerprint density at radius 1 is 1.16 bits per heavy atom. The second kappa shape index (κ2) is 10.3. The quantitative estimate of drug-likeness (QED) is 0.421. The van der Waals surface area contributed by atoms with Gasteiger partial charge in [-0.25, -0.2) is 0 Å². The largest absolute Gasteiger partial charge is 0.392 e. The van der Waals surface area contributed by atoms with E-state index in [9.17, 15) is 14.7 Å². The van der Waals surface area contributed by atoms with Crippen molar-refractivity contribution in [2.24, 2.45) is 5.73 Å². The summed E-state index contributed by atoms with van der Waals surface area (Å²) in [6.45, 7) is -0.345. The standard InChI is InChI=1S/C23H20Cl3N3O3/c1-28-23(32)14-5-2-13(3-6-14)4-9-20(31)22(27)19-10-15(24)11-29(19)18-8-7-17(25)16(12-30)21(18)26/h2-11,22,30H,12,27H2,1H3,(H,28,32)/b9-4+. The number of aromatic nitrogens is 1. The maximum absolute atomic E-state index is 12.8. The molecule has 166 valence electrons. The fourth-order valence-electron chi connectivity index (χ4n) is 3.13. The van der Waals surface area contributed by atoms with E-state index < -0.39 is 6.04 Å². The lowest BCUT2D eigenvalue weighted by Gasteiger charge is -2.16. The number of benzene rings is 2. The van der Waals surface area contributed by atoms with Crippen molar-refractivity contribution < 1.29 is 14.7 Å². The molecule has 0 aliphatic rings. The van der Waals surface area contributed by atoms with Crippen molar-refractivity contribution in [3.05, 3.63) is 92.2 Å². The molecule has 2 aromatic carbocycles. The molecule has 1 atom stereocenters. The molecular weight excluding hydrogens is 473 g/mol. The van der Waals surface area contributed by atoms with Gasteiger partial charge >= 0.3 is 0 Å². The number of nitrogens with two attached hydrogens (primary N) is 1. The van der Waals surface area contributed by atoms with E-state index in [1.54, 1.807) is 66.4 Å². The van der Waals surface area contributed by atoms with Crippen LogP contribution in [-0.4, -0.2) is 28.4 Å². The monoisotopic (exact) mass is 491 g/mol. The number of aliphatic hydroxyl groups excluding tert-OH is 1. The van der Waals surface area contributed by atoms with Gasteiger partial charge in [-0.2, -0.15) is 0 Å². The molecule has 1 aromatic heterocycles. The predicted molar refractivity (Wildman–Crippen MR) is 128 cm³/mol. The first-order chi connectivity index (χ1) is 15.3. The van der Waals surface area contributed by atoms with Crippen LogP contribution in [0.3, 0.4) is 0 Å². The topological polar surface area (TPSA) is 97.4 Å². The number of carbonyl (C=O) groups excluding carboxylic acids is 2. The Labute approximate surface area is 200 Å². The van der Waals surface area contributed by atoms with Gasteiger partial charge < -0.3 is 20.7 Å². The van der Waals surface area contributed by atoms with Crippen LogP contribution in [0.25, 0.3) is 11.8 Å². The van der Waals surface area contributed by atoms with Crippen LogP contribution in [0, 0.1) is 0 Å². The molecule has 0 aliphatic heterocycles. The normalized spacial score (nSPS) is 12.2. The summed E-state index contributed by atoms with van der Waals surface area (Å²) in [5.41, 5.74) is 8.76. The Bertz CT molecular complexity index is 1190. The van der Waals surface area contributed by atoms with Gasteiger partial charge in [-0.1, -0.05) is 53.0 Å². The Morgan fingerprint density at radius 3 is 2.47 bits per heavy atom. The number of aliphatic hydroxyl groups is 1. The van der Waals surface area contributed by atoms with Crippen molar-refractivity contribution in [3.8, 4) is 5.69 Å². The van der Waals surface area contributed by atoms with Gasteiger partial charge in [0.1, 0.15) is 6.04 Å². The van der Waals surface area contributed by atoms with E-state index in [1.807, 2.05) is 0 Å². The van der Waals surface area contributed by atoms with Gasteiger partial charge in [0.2, 0.25) is 0 Å². The fraction of sp³-hybridized carbons (Fsp3) is 0.130. The van der Waals surface area contributed by atoms with Crippen LogP contribution < -0.4 is 11.1 Å². The summed E-state index contributed by atoms with van der Waals surface area (Å²) in [7, 11) is 1.56. The first-order valence-electron chi connectivity index (χ1n) is 9.52. The Morgan fingerprint density at radius 2 is 1.84 bits per heavy atom. The van der Waals surface area contributed by atoms with E-state index in [0.717, 1.165) is 5.56 Å². The molecular formula is C23H20Cl3N3O3. The minimum absolute atomic E-state index is 0.193. The molecule has 0 radical (unpaired) electrons. The first kappa shape index (κ1) is 24.0. The van der Waals surface area contributed by atoms with E-state index in [2.05, 4.69) is 5.32 Å². The zero-order valence-electron chi connectivity index (χ0n) is 17.0. The highest BCUT2D eigenvalue weighted by Gasteiger charge is 2.21. The zero-order valence-corrected chi connectivity index (χ0v) is 19.2. The molecule has 3 aromatic rings. The van der Waals surface area contributed by atoms with Gasteiger partial charge in [-0.3, -0.25) is 9.59 Å². The summed E-state index contributed by atoms with van der Waals surface area (Å²) >= 11 is 18.7. The van der Waals surface area contributed by atoms with Crippen LogP contribution in [0.1, 0.15) is 33.2 Å². The third kappa shape index (κ3) is 5.06. The smallest absolute Gasteiger partial charge is 0.251 e. The average molecular weight is 493 g/mol. The average Bonchev–Trinajstić information content (AvgIpc) is 3.18. The third-order valence-corrected chi connectivity index (χ3v) is 5.85. The van der Waals surface area contributed by atoms with Crippen LogP contribution in [0.5, 0.6) is 0 Å². The lowest BCUT2D eigenvalue weighted by Crippen LogP contribution is -2.22. The van der Waals surface area contributed by atoms with E-state index in [1.165, 1.54) is 6.08 Å². The highest BCUT2D eigenvalue weighted by atomic mass is 35.5. The predicted octanol–water partition coefficient (Wildman–Crippen LogP) is 4.57. The minimum Gasteiger partial charge on any atom is -0.392 e. The molecule has 0 aliphatic carbocycles. The van der Waals surface area contributed by atoms with Crippen LogP contribution in [0.4, 0.5) is 0 Å². The number of hydrogen-bond acceptors (Lipinski definition) is 4. The van der Waals surface area contributed by atoms with Crippen molar-refractivity contribution in [1.82, 2.24) is 9.88 Å². The van der Waals surface area contributed by atoms with Gasteiger partial charge in [0.05, 0.1) is 22.3 Å². The van der Waals surface area contributed by atoms with Crippen molar-refractivity contribution in [1.29, 1.82) is 0 Å². The van der Waals surface area contributed by atoms with Crippen LogP contribution in [0.2, 0.25) is 15.1 Å². The second-order valence-electron chi connectivity index (χ2n) is 6.88.